The van der Waals surface area contributed by atoms with Crippen molar-refractivity contribution >= 4 is 63.2 Å². The van der Waals surface area contributed by atoms with E-state index in [1.54, 1.807) is 20.8 Å². The highest BCUT2D eigenvalue weighted by atomic mass is 32.1. The van der Waals surface area contributed by atoms with E-state index in [-0.39, 0.29) is 16.2 Å². The SMILES string of the molecule is CC(C)(C)C(NC(=O)c1cc2cc(C(F)(F)P(=O)(O)O)ccc2s1)C(=O)N1CCCC1C(=O)Nc1ncc(C2CCCCC2)s1. The summed E-state index contributed by atoms with van der Waals surface area (Å²) in [5.74, 6) is -0.866. The summed E-state index contributed by atoms with van der Waals surface area (Å²) >= 11 is 2.48. The van der Waals surface area contributed by atoms with Crippen molar-refractivity contribution in [2.45, 2.75) is 89.4 Å². The molecule has 1 aromatic carbocycles. The quantitative estimate of drug-likeness (QED) is 0.201. The number of halogens is 2. The molecule has 244 valence electrons. The van der Waals surface area contributed by atoms with Gasteiger partial charge in [0.15, 0.2) is 5.13 Å². The van der Waals surface area contributed by atoms with Crippen molar-refractivity contribution in [1.82, 2.24) is 15.2 Å². The lowest BCUT2D eigenvalue weighted by Gasteiger charge is -2.35. The predicted octanol–water partition coefficient (Wildman–Crippen LogP) is 6.41. The van der Waals surface area contributed by atoms with Gasteiger partial charge in [-0.05, 0) is 60.6 Å². The van der Waals surface area contributed by atoms with Crippen molar-refractivity contribution in [2.75, 3.05) is 11.9 Å². The fraction of sp³-hybridized carbons (Fsp3) is 0.533. The lowest BCUT2D eigenvalue weighted by molar-refractivity contribution is -0.140. The summed E-state index contributed by atoms with van der Waals surface area (Å²) in [5.41, 5.74) is -5.99. The number of fused-ring (bicyclic) bond motifs is 1. The topological polar surface area (TPSA) is 149 Å². The van der Waals surface area contributed by atoms with Gasteiger partial charge in [-0.1, -0.05) is 46.1 Å². The molecule has 2 aromatic heterocycles. The first-order chi connectivity index (χ1) is 21.1. The Balaban J connectivity index is 1.30. The van der Waals surface area contributed by atoms with Crippen LogP contribution in [-0.4, -0.2) is 56.0 Å². The molecule has 2 atom stereocenters. The lowest BCUT2D eigenvalue weighted by Crippen LogP contribution is -2.57. The van der Waals surface area contributed by atoms with E-state index < -0.39 is 48.1 Å². The molecule has 1 saturated carbocycles. The van der Waals surface area contributed by atoms with Crippen molar-refractivity contribution in [3.8, 4) is 0 Å². The van der Waals surface area contributed by atoms with Crippen molar-refractivity contribution in [2.24, 2.45) is 5.41 Å². The molecule has 2 unspecified atom stereocenters. The van der Waals surface area contributed by atoms with E-state index in [9.17, 15) is 27.7 Å². The minimum absolute atomic E-state index is 0.136. The second-order valence-corrected chi connectivity index (χ2v) is 16.6. The lowest BCUT2D eigenvalue weighted by atomic mass is 9.85. The summed E-state index contributed by atoms with van der Waals surface area (Å²) < 4.78 is 40.3. The molecule has 2 fully saturated rings. The molecule has 1 aliphatic carbocycles. The van der Waals surface area contributed by atoms with Gasteiger partial charge >= 0.3 is 13.3 Å². The Morgan fingerprint density at radius 3 is 2.42 bits per heavy atom. The smallest absolute Gasteiger partial charge is 0.339 e. The van der Waals surface area contributed by atoms with Crippen LogP contribution in [0.15, 0.2) is 30.5 Å². The second kappa shape index (κ2) is 12.8. The molecule has 0 bridgehead atoms. The van der Waals surface area contributed by atoms with E-state index in [0.29, 0.717) is 35.1 Å². The molecule has 1 aliphatic heterocycles. The molecule has 5 rings (SSSR count). The first-order valence-electron chi connectivity index (χ1n) is 14.9. The highest BCUT2D eigenvalue weighted by Crippen LogP contribution is 2.59. The molecular formula is C30H37F2N4O6PS2. The van der Waals surface area contributed by atoms with Crippen LogP contribution in [0.5, 0.6) is 0 Å². The number of nitrogens with zero attached hydrogens (tertiary/aromatic N) is 2. The van der Waals surface area contributed by atoms with E-state index in [1.165, 1.54) is 47.6 Å². The number of aromatic nitrogens is 1. The minimum Gasteiger partial charge on any atom is -0.339 e. The maximum absolute atomic E-state index is 14.3. The summed E-state index contributed by atoms with van der Waals surface area (Å²) in [6, 6.07) is 2.76. The number of thiophene rings is 1. The van der Waals surface area contributed by atoms with E-state index in [2.05, 4.69) is 15.6 Å². The predicted molar refractivity (Wildman–Crippen MR) is 170 cm³/mol. The van der Waals surface area contributed by atoms with Crippen molar-refractivity contribution in [3.63, 3.8) is 0 Å². The van der Waals surface area contributed by atoms with Crippen LogP contribution in [0.4, 0.5) is 13.9 Å². The number of likely N-dealkylation sites (tertiary alicyclic amines) is 1. The Labute approximate surface area is 267 Å². The van der Waals surface area contributed by atoms with Crippen molar-refractivity contribution in [3.05, 3.63) is 45.8 Å². The van der Waals surface area contributed by atoms with Crippen LogP contribution in [0.2, 0.25) is 0 Å². The molecule has 4 N–H and O–H groups in total. The third kappa shape index (κ3) is 7.15. The maximum Gasteiger partial charge on any atom is 0.399 e. The fourth-order valence-corrected chi connectivity index (χ4v) is 8.35. The number of alkyl halides is 2. The largest absolute Gasteiger partial charge is 0.399 e. The van der Waals surface area contributed by atoms with Crippen LogP contribution in [0.3, 0.4) is 0 Å². The Kier molecular flexibility index (Phi) is 9.55. The monoisotopic (exact) mass is 682 g/mol. The average Bonchev–Trinajstić information content (AvgIpc) is 3.74. The van der Waals surface area contributed by atoms with Crippen LogP contribution >= 0.6 is 30.3 Å². The van der Waals surface area contributed by atoms with Gasteiger partial charge in [-0.2, -0.15) is 8.78 Å². The molecular weight excluding hydrogens is 645 g/mol. The van der Waals surface area contributed by atoms with Crippen LogP contribution in [0.25, 0.3) is 10.1 Å². The van der Waals surface area contributed by atoms with Gasteiger partial charge in [0.1, 0.15) is 12.1 Å². The van der Waals surface area contributed by atoms with Gasteiger partial charge in [0.2, 0.25) is 11.8 Å². The van der Waals surface area contributed by atoms with E-state index in [4.69, 9.17) is 9.79 Å². The fourth-order valence-electron chi connectivity index (χ4n) is 5.94. The number of hydrogen-bond donors (Lipinski definition) is 4. The Morgan fingerprint density at radius 1 is 1.04 bits per heavy atom. The number of hydrogen-bond acceptors (Lipinski definition) is 7. The number of nitrogens with one attached hydrogen (secondary N) is 2. The molecule has 1 saturated heterocycles. The Morgan fingerprint density at radius 2 is 1.76 bits per heavy atom. The summed E-state index contributed by atoms with van der Waals surface area (Å²) in [4.78, 5) is 66.1. The highest BCUT2D eigenvalue weighted by molar-refractivity contribution is 7.52. The molecule has 45 heavy (non-hydrogen) atoms. The summed E-state index contributed by atoms with van der Waals surface area (Å²) in [6.45, 7) is 5.74. The van der Waals surface area contributed by atoms with Gasteiger partial charge in [0.05, 0.1) is 4.88 Å². The maximum atomic E-state index is 14.3. The van der Waals surface area contributed by atoms with Crippen LogP contribution < -0.4 is 10.6 Å². The first kappa shape index (κ1) is 33.6. The third-order valence-corrected chi connectivity index (χ3v) is 11.6. The first-order valence-corrected chi connectivity index (χ1v) is 18.2. The van der Waals surface area contributed by atoms with Gasteiger partial charge in [0, 0.05) is 27.9 Å². The normalized spacial score (nSPS) is 19.1. The number of amides is 3. The second-order valence-electron chi connectivity index (χ2n) is 12.8. The Bertz CT molecular complexity index is 1640. The zero-order valence-corrected chi connectivity index (χ0v) is 27.7. The summed E-state index contributed by atoms with van der Waals surface area (Å²) in [5, 5.41) is 6.41. The molecule has 0 spiro atoms. The minimum atomic E-state index is -5.76. The molecule has 0 radical (unpaired) electrons. The van der Waals surface area contributed by atoms with Crippen LogP contribution in [0, 0.1) is 5.41 Å². The van der Waals surface area contributed by atoms with E-state index in [1.807, 2.05) is 6.20 Å². The molecule has 3 heterocycles. The van der Waals surface area contributed by atoms with Gasteiger partial charge < -0.3 is 25.3 Å². The number of carbonyl (C=O) groups excluding carboxylic acids is 3. The Hall–Kier alpha value is -2.77. The number of thiazole rings is 1. The molecule has 15 heteroatoms. The van der Waals surface area contributed by atoms with Crippen LogP contribution in [-0.2, 0) is 19.8 Å². The zero-order valence-electron chi connectivity index (χ0n) is 25.2. The average molecular weight is 683 g/mol. The number of carbonyl (C=O) groups is 3. The molecule has 2 aliphatic rings. The van der Waals surface area contributed by atoms with Crippen LogP contribution in [0.1, 0.15) is 91.7 Å². The van der Waals surface area contributed by atoms with Gasteiger partial charge in [-0.25, -0.2) is 4.98 Å². The third-order valence-electron chi connectivity index (χ3n) is 8.44. The molecule has 3 amide bonds. The molecule has 10 nitrogen and oxygen atoms in total. The van der Waals surface area contributed by atoms with Gasteiger partial charge in [0.25, 0.3) is 5.91 Å². The van der Waals surface area contributed by atoms with Crippen molar-refractivity contribution in [1.29, 1.82) is 0 Å². The van der Waals surface area contributed by atoms with E-state index >= 15 is 0 Å². The van der Waals surface area contributed by atoms with Gasteiger partial charge in [-0.3, -0.25) is 18.9 Å². The summed E-state index contributed by atoms with van der Waals surface area (Å²) in [6.07, 6.45) is 8.80. The highest BCUT2D eigenvalue weighted by Gasteiger charge is 2.50. The molecule has 3 aromatic rings. The zero-order chi connectivity index (χ0) is 32.7. The van der Waals surface area contributed by atoms with Crippen molar-refractivity contribution < 1.29 is 37.5 Å². The number of benzene rings is 1. The van der Waals surface area contributed by atoms with Gasteiger partial charge in [-0.15, -0.1) is 22.7 Å². The van der Waals surface area contributed by atoms with E-state index in [0.717, 1.165) is 41.2 Å². The number of anilines is 1. The number of rotatable bonds is 8. The standard InChI is InChI=1S/C30H37F2N4O6PS2/c1-29(2,3)24(34-26(38)22-15-18-14-19(11-12-21(18)44-22)30(31,32)43(40,41)42)27(39)36-13-7-10-20(36)25(37)35-28-33-16-23(45-28)17-8-5-4-6-9-17/h11-12,14-17,20,24H,4-10,13H2,1-3H3,(H,34,38)(H,33,35,37)(H2,40,41,42). The summed E-state index contributed by atoms with van der Waals surface area (Å²) in [7, 11) is -5.76.